The van der Waals surface area contributed by atoms with Gasteiger partial charge in [-0.2, -0.15) is 0 Å². The first-order valence-electron chi connectivity index (χ1n) is 9.06. The monoisotopic (exact) mass is 370 g/mol. The number of para-hydroxylation sites is 1. The Balaban J connectivity index is 1.82. The summed E-state index contributed by atoms with van der Waals surface area (Å²) in [5, 5.41) is 0. The largest absolute Gasteiger partial charge is 0.312 e. The Hall–Kier alpha value is -2.34. The topological polar surface area (TPSA) is 57.7 Å². The lowest BCUT2D eigenvalue weighted by Crippen LogP contribution is -2.39. The van der Waals surface area contributed by atoms with Gasteiger partial charge in [0, 0.05) is 19.5 Å². The fourth-order valence-corrected chi connectivity index (χ4v) is 5.56. The Labute approximate surface area is 154 Å². The van der Waals surface area contributed by atoms with Crippen LogP contribution in [0.5, 0.6) is 0 Å². The van der Waals surface area contributed by atoms with Gasteiger partial charge in [-0.3, -0.25) is 9.10 Å². The van der Waals surface area contributed by atoms with Crippen molar-refractivity contribution in [3.8, 4) is 0 Å². The molecule has 26 heavy (non-hydrogen) atoms. The average molecular weight is 370 g/mol. The molecule has 0 unspecified atom stereocenters. The van der Waals surface area contributed by atoms with E-state index in [1.165, 1.54) is 4.31 Å². The number of anilines is 2. The van der Waals surface area contributed by atoms with Crippen LogP contribution in [-0.4, -0.2) is 27.4 Å². The Kier molecular flexibility index (Phi) is 4.23. The third kappa shape index (κ3) is 2.69. The first-order valence-corrected chi connectivity index (χ1v) is 10.5. The Morgan fingerprint density at radius 2 is 1.73 bits per heavy atom. The van der Waals surface area contributed by atoms with Crippen molar-refractivity contribution < 1.29 is 13.2 Å². The normalized spacial score (nSPS) is 16.3. The summed E-state index contributed by atoms with van der Waals surface area (Å²) in [6, 6.07) is 12.7. The van der Waals surface area contributed by atoms with Crippen LogP contribution in [0.4, 0.5) is 11.4 Å². The van der Waals surface area contributed by atoms with Crippen molar-refractivity contribution >= 4 is 27.3 Å². The third-order valence-corrected chi connectivity index (χ3v) is 7.05. The minimum atomic E-state index is -3.65. The number of amides is 1. The number of sulfonamides is 1. The fourth-order valence-electron chi connectivity index (χ4n) is 3.98. The highest BCUT2D eigenvalue weighted by atomic mass is 32.2. The molecule has 2 aromatic rings. The van der Waals surface area contributed by atoms with Crippen LogP contribution in [0, 0.1) is 0 Å². The molecule has 2 aromatic carbocycles. The molecule has 0 saturated heterocycles. The molecule has 0 fully saturated rings. The van der Waals surface area contributed by atoms with Gasteiger partial charge in [0.05, 0.1) is 16.3 Å². The summed E-state index contributed by atoms with van der Waals surface area (Å²) in [4.78, 5) is 14.4. The van der Waals surface area contributed by atoms with Gasteiger partial charge in [0.2, 0.25) is 5.91 Å². The summed E-state index contributed by atoms with van der Waals surface area (Å²) >= 11 is 0. The van der Waals surface area contributed by atoms with E-state index < -0.39 is 10.0 Å². The maximum absolute atomic E-state index is 13.3. The summed E-state index contributed by atoms with van der Waals surface area (Å²) in [5.74, 6) is 0.147. The number of nitrogens with zero attached hydrogens (tertiary/aromatic N) is 2. The quantitative estimate of drug-likeness (QED) is 0.831. The molecule has 2 aliphatic rings. The number of rotatable bonds is 4. The molecule has 136 valence electrons. The summed E-state index contributed by atoms with van der Waals surface area (Å²) in [5.41, 5.74) is 3.57. The molecule has 0 aliphatic carbocycles. The summed E-state index contributed by atoms with van der Waals surface area (Å²) in [6.45, 7) is 2.94. The highest BCUT2D eigenvalue weighted by Crippen LogP contribution is 2.38. The molecule has 4 rings (SSSR count). The molecule has 2 aliphatic heterocycles. The Bertz CT molecular complexity index is 937. The number of carbonyl (C=O) groups excluding carboxylic acids is 1. The van der Waals surface area contributed by atoms with E-state index in [1.807, 2.05) is 42.2 Å². The minimum absolute atomic E-state index is 0.147. The highest BCUT2D eigenvalue weighted by molar-refractivity contribution is 7.92. The van der Waals surface area contributed by atoms with E-state index >= 15 is 0 Å². The van der Waals surface area contributed by atoms with E-state index in [9.17, 15) is 13.2 Å². The van der Waals surface area contributed by atoms with Crippen molar-refractivity contribution in [1.82, 2.24) is 0 Å². The molecule has 0 bridgehead atoms. The smallest absolute Gasteiger partial charge is 0.264 e. The van der Waals surface area contributed by atoms with Crippen LogP contribution in [0.3, 0.4) is 0 Å². The van der Waals surface area contributed by atoms with Crippen LogP contribution in [0.25, 0.3) is 0 Å². The van der Waals surface area contributed by atoms with Crippen molar-refractivity contribution in [2.45, 2.75) is 37.5 Å². The van der Waals surface area contributed by atoms with E-state index in [1.54, 1.807) is 12.1 Å². The SMILES string of the molecule is CCN(c1ccccc1)S(=O)(=O)c1cc2c3c(c1)CCC(=O)N3CCC2. The molecular formula is C20H22N2O3S. The second-order valence-corrected chi connectivity index (χ2v) is 8.61. The van der Waals surface area contributed by atoms with Gasteiger partial charge in [0.1, 0.15) is 0 Å². The standard InChI is InChI=1S/C20H22N2O3S/c1-2-22(17-8-4-3-5-9-17)26(24,25)18-13-15-7-6-12-21-19(23)11-10-16(14-18)20(15)21/h3-5,8-9,13-14H,2,6-7,10-12H2,1H3. The molecule has 6 heteroatoms. The summed E-state index contributed by atoms with van der Waals surface area (Å²) in [6.07, 6.45) is 2.75. The molecule has 5 nitrogen and oxygen atoms in total. The van der Waals surface area contributed by atoms with Crippen LogP contribution < -0.4 is 9.21 Å². The molecule has 0 aromatic heterocycles. The van der Waals surface area contributed by atoms with E-state index in [4.69, 9.17) is 0 Å². The van der Waals surface area contributed by atoms with Gasteiger partial charge in [-0.05, 0) is 61.6 Å². The Morgan fingerprint density at radius 1 is 1.04 bits per heavy atom. The molecule has 0 spiro atoms. The predicted octanol–water partition coefficient (Wildman–Crippen LogP) is 3.13. The lowest BCUT2D eigenvalue weighted by atomic mass is 9.92. The second-order valence-electron chi connectivity index (χ2n) is 6.74. The lowest BCUT2D eigenvalue weighted by molar-refractivity contribution is -0.119. The van der Waals surface area contributed by atoms with E-state index in [2.05, 4.69) is 0 Å². The zero-order chi connectivity index (χ0) is 18.3. The third-order valence-electron chi connectivity index (χ3n) is 5.17. The van der Waals surface area contributed by atoms with E-state index in [0.29, 0.717) is 30.0 Å². The van der Waals surface area contributed by atoms with Crippen molar-refractivity contribution in [2.24, 2.45) is 0 Å². The Morgan fingerprint density at radius 3 is 2.42 bits per heavy atom. The van der Waals surface area contributed by atoms with Crippen LogP contribution >= 0.6 is 0 Å². The maximum atomic E-state index is 13.3. The van der Waals surface area contributed by atoms with Gasteiger partial charge in [-0.25, -0.2) is 8.42 Å². The minimum Gasteiger partial charge on any atom is -0.312 e. The first-order chi connectivity index (χ1) is 12.5. The van der Waals surface area contributed by atoms with Gasteiger partial charge in [-0.15, -0.1) is 0 Å². The molecule has 2 heterocycles. The second kappa shape index (κ2) is 6.43. The lowest BCUT2D eigenvalue weighted by Gasteiger charge is -2.35. The van der Waals surface area contributed by atoms with E-state index in [0.717, 1.165) is 36.2 Å². The van der Waals surface area contributed by atoms with Gasteiger partial charge in [0.25, 0.3) is 10.0 Å². The molecule has 0 atom stereocenters. The molecule has 0 radical (unpaired) electrons. The summed E-state index contributed by atoms with van der Waals surface area (Å²) < 4.78 is 28.1. The predicted molar refractivity (Wildman–Crippen MR) is 102 cm³/mol. The number of benzene rings is 2. The number of hydrogen-bond acceptors (Lipinski definition) is 3. The number of carbonyl (C=O) groups is 1. The van der Waals surface area contributed by atoms with Crippen molar-refractivity contribution in [1.29, 1.82) is 0 Å². The van der Waals surface area contributed by atoms with Crippen LogP contribution in [0.2, 0.25) is 0 Å². The zero-order valence-electron chi connectivity index (χ0n) is 14.8. The van der Waals surface area contributed by atoms with Gasteiger partial charge >= 0.3 is 0 Å². The van der Waals surface area contributed by atoms with Gasteiger partial charge in [0.15, 0.2) is 0 Å². The first kappa shape index (κ1) is 17.1. The zero-order valence-corrected chi connectivity index (χ0v) is 15.6. The van der Waals surface area contributed by atoms with Crippen LogP contribution in [0.15, 0.2) is 47.4 Å². The van der Waals surface area contributed by atoms with E-state index in [-0.39, 0.29) is 5.91 Å². The average Bonchev–Trinajstić information content (AvgIpc) is 2.65. The number of hydrogen-bond donors (Lipinski definition) is 0. The maximum Gasteiger partial charge on any atom is 0.264 e. The molecule has 1 amide bonds. The van der Waals surface area contributed by atoms with Gasteiger partial charge < -0.3 is 4.90 Å². The summed E-state index contributed by atoms with van der Waals surface area (Å²) in [7, 11) is -3.65. The molecule has 0 N–H and O–H groups in total. The number of aryl methyl sites for hydroxylation is 2. The van der Waals surface area contributed by atoms with Crippen LogP contribution in [-0.2, 0) is 27.7 Å². The van der Waals surface area contributed by atoms with Crippen LogP contribution in [0.1, 0.15) is 30.9 Å². The van der Waals surface area contributed by atoms with Gasteiger partial charge in [-0.1, -0.05) is 18.2 Å². The van der Waals surface area contributed by atoms with Crippen molar-refractivity contribution in [2.75, 3.05) is 22.3 Å². The fraction of sp³-hybridized carbons (Fsp3) is 0.350. The molecular weight excluding hydrogens is 348 g/mol. The molecule has 0 saturated carbocycles. The van der Waals surface area contributed by atoms with Crippen molar-refractivity contribution in [3.63, 3.8) is 0 Å². The highest BCUT2D eigenvalue weighted by Gasteiger charge is 2.32. The van der Waals surface area contributed by atoms with Crippen molar-refractivity contribution in [3.05, 3.63) is 53.6 Å².